The summed E-state index contributed by atoms with van der Waals surface area (Å²) < 4.78 is 48.9. The Morgan fingerprint density at radius 3 is 2.63 bits per heavy atom. The van der Waals surface area contributed by atoms with Crippen LogP contribution < -0.4 is 10.1 Å². The number of ether oxygens (including phenoxy) is 2. The van der Waals surface area contributed by atoms with Crippen LogP contribution in [0.25, 0.3) is 0 Å². The topological polar surface area (TPSA) is 77.5 Å². The van der Waals surface area contributed by atoms with Gasteiger partial charge in [-0.05, 0) is 36.8 Å². The first-order valence-electron chi connectivity index (χ1n) is 8.02. The number of halogens is 3. The van der Waals surface area contributed by atoms with Crippen molar-refractivity contribution in [2.45, 2.75) is 19.5 Å². The van der Waals surface area contributed by atoms with E-state index in [9.17, 15) is 22.8 Å². The lowest BCUT2D eigenvalue weighted by Gasteiger charge is -2.15. The van der Waals surface area contributed by atoms with Gasteiger partial charge < -0.3 is 14.8 Å². The molecular formula is C18H17F3N2O4. The lowest BCUT2D eigenvalue weighted by atomic mass is 10.1. The van der Waals surface area contributed by atoms with Gasteiger partial charge in [0.15, 0.2) is 6.61 Å². The van der Waals surface area contributed by atoms with Crippen molar-refractivity contribution in [3.63, 3.8) is 0 Å². The number of benzene rings is 1. The Kier molecular flexibility index (Phi) is 6.75. The lowest BCUT2D eigenvalue weighted by molar-refractivity contribution is -0.137. The molecule has 0 radical (unpaired) electrons. The predicted molar refractivity (Wildman–Crippen MR) is 90.4 cm³/mol. The number of pyridine rings is 1. The number of esters is 1. The van der Waals surface area contributed by atoms with E-state index in [1.807, 2.05) is 6.92 Å². The van der Waals surface area contributed by atoms with E-state index in [1.165, 1.54) is 24.5 Å². The molecule has 0 saturated heterocycles. The zero-order valence-corrected chi connectivity index (χ0v) is 14.4. The number of aromatic nitrogens is 1. The summed E-state index contributed by atoms with van der Waals surface area (Å²) in [6.07, 6.45) is -1.20. The van der Waals surface area contributed by atoms with Crippen molar-refractivity contribution in [3.05, 3.63) is 53.9 Å². The molecule has 2 rings (SSSR count). The van der Waals surface area contributed by atoms with Gasteiger partial charge in [0, 0.05) is 12.4 Å². The normalized spacial score (nSPS) is 11.0. The van der Waals surface area contributed by atoms with Crippen LogP contribution in [0.4, 0.5) is 18.9 Å². The van der Waals surface area contributed by atoms with Crippen molar-refractivity contribution in [2.75, 3.05) is 18.5 Å². The molecule has 0 bridgehead atoms. The number of anilines is 1. The van der Waals surface area contributed by atoms with Crippen molar-refractivity contribution in [2.24, 2.45) is 0 Å². The summed E-state index contributed by atoms with van der Waals surface area (Å²) in [7, 11) is 0. The lowest BCUT2D eigenvalue weighted by Crippen LogP contribution is -2.21. The summed E-state index contributed by atoms with van der Waals surface area (Å²) in [6.45, 7) is 1.43. The second-order valence-electron chi connectivity index (χ2n) is 5.42. The molecule has 0 aliphatic carbocycles. The fourth-order valence-electron chi connectivity index (χ4n) is 2.03. The maximum Gasteiger partial charge on any atom is 0.416 e. The summed E-state index contributed by atoms with van der Waals surface area (Å²) in [5.41, 5.74) is -0.939. The van der Waals surface area contributed by atoms with Gasteiger partial charge in [0.1, 0.15) is 5.75 Å². The van der Waals surface area contributed by atoms with E-state index in [0.29, 0.717) is 6.42 Å². The molecule has 2 aromatic rings. The van der Waals surface area contributed by atoms with E-state index >= 15 is 0 Å². The first kappa shape index (κ1) is 20.2. The molecule has 1 aromatic carbocycles. The average molecular weight is 382 g/mol. The monoisotopic (exact) mass is 382 g/mol. The first-order chi connectivity index (χ1) is 12.8. The van der Waals surface area contributed by atoms with Gasteiger partial charge in [0.25, 0.3) is 5.91 Å². The van der Waals surface area contributed by atoms with E-state index < -0.39 is 30.2 Å². The van der Waals surface area contributed by atoms with Crippen molar-refractivity contribution in [1.29, 1.82) is 0 Å². The average Bonchev–Trinajstić information content (AvgIpc) is 2.65. The second-order valence-corrected chi connectivity index (χ2v) is 5.42. The standard InChI is InChI=1S/C18H17F3N2O4/c1-2-8-26-15-6-5-13(18(19,20)21)9-14(15)23-16(24)11-27-17(25)12-4-3-7-22-10-12/h3-7,9-10H,2,8,11H2,1H3,(H,23,24). The Balaban J connectivity index is 2.07. The number of amides is 1. The summed E-state index contributed by atoms with van der Waals surface area (Å²) in [6, 6.07) is 5.75. The number of carbonyl (C=O) groups is 2. The number of rotatable bonds is 7. The fraction of sp³-hybridized carbons (Fsp3) is 0.278. The van der Waals surface area contributed by atoms with Gasteiger partial charge in [0.2, 0.25) is 0 Å². The Bertz CT molecular complexity index is 795. The van der Waals surface area contributed by atoms with E-state index in [2.05, 4.69) is 10.3 Å². The molecule has 1 amide bonds. The van der Waals surface area contributed by atoms with Crippen LogP contribution in [0.15, 0.2) is 42.7 Å². The molecule has 1 N–H and O–H groups in total. The highest BCUT2D eigenvalue weighted by molar-refractivity contribution is 5.96. The number of alkyl halides is 3. The number of hydrogen-bond donors (Lipinski definition) is 1. The predicted octanol–water partition coefficient (Wildman–Crippen LogP) is 3.68. The molecule has 0 atom stereocenters. The Morgan fingerprint density at radius 1 is 1.22 bits per heavy atom. The number of carbonyl (C=O) groups excluding carboxylic acids is 2. The highest BCUT2D eigenvalue weighted by Crippen LogP contribution is 2.35. The van der Waals surface area contributed by atoms with Crippen LogP contribution in [0.2, 0.25) is 0 Å². The first-order valence-corrected chi connectivity index (χ1v) is 8.02. The molecule has 9 heteroatoms. The molecule has 0 saturated carbocycles. The number of nitrogens with zero attached hydrogens (tertiary/aromatic N) is 1. The molecule has 144 valence electrons. The molecule has 1 heterocycles. The smallest absolute Gasteiger partial charge is 0.416 e. The van der Waals surface area contributed by atoms with E-state index in [1.54, 1.807) is 0 Å². The maximum absolute atomic E-state index is 12.9. The van der Waals surface area contributed by atoms with Crippen LogP contribution in [-0.2, 0) is 15.7 Å². The molecule has 1 aromatic heterocycles. The van der Waals surface area contributed by atoms with Crippen LogP contribution in [0.3, 0.4) is 0 Å². The van der Waals surface area contributed by atoms with Crippen LogP contribution >= 0.6 is 0 Å². The van der Waals surface area contributed by atoms with Crippen molar-refractivity contribution >= 4 is 17.6 Å². The minimum Gasteiger partial charge on any atom is -0.491 e. The highest BCUT2D eigenvalue weighted by atomic mass is 19.4. The quantitative estimate of drug-likeness (QED) is 0.739. The number of nitrogens with one attached hydrogen (secondary N) is 1. The second kappa shape index (κ2) is 9.02. The molecule has 0 unspecified atom stereocenters. The third-order valence-corrected chi connectivity index (χ3v) is 3.27. The largest absolute Gasteiger partial charge is 0.491 e. The summed E-state index contributed by atoms with van der Waals surface area (Å²) in [5, 5.41) is 2.28. The molecule has 0 aliphatic rings. The van der Waals surface area contributed by atoms with E-state index in [-0.39, 0.29) is 23.6 Å². The van der Waals surface area contributed by atoms with E-state index in [4.69, 9.17) is 9.47 Å². The van der Waals surface area contributed by atoms with Gasteiger partial charge >= 0.3 is 12.1 Å². The third-order valence-electron chi connectivity index (χ3n) is 3.27. The highest BCUT2D eigenvalue weighted by Gasteiger charge is 2.31. The zero-order chi connectivity index (χ0) is 19.9. The molecule has 0 aliphatic heterocycles. The summed E-state index contributed by atoms with van der Waals surface area (Å²) >= 11 is 0. The molecular weight excluding hydrogens is 365 g/mol. The Labute approximate surface area is 153 Å². The SMILES string of the molecule is CCCOc1ccc(C(F)(F)F)cc1NC(=O)COC(=O)c1cccnc1. The van der Waals surface area contributed by atoms with Crippen LogP contribution in [0.1, 0.15) is 29.3 Å². The maximum atomic E-state index is 12.9. The van der Waals surface area contributed by atoms with Crippen LogP contribution in [0.5, 0.6) is 5.75 Å². The molecule has 6 nitrogen and oxygen atoms in total. The van der Waals surface area contributed by atoms with Gasteiger partial charge in [0.05, 0.1) is 23.4 Å². The van der Waals surface area contributed by atoms with Crippen molar-refractivity contribution < 1.29 is 32.2 Å². The third kappa shape index (κ3) is 5.98. The number of hydrogen-bond acceptors (Lipinski definition) is 5. The van der Waals surface area contributed by atoms with Crippen LogP contribution in [-0.4, -0.2) is 30.1 Å². The summed E-state index contributed by atoms with van der Waals surface area (Å²) in [4.78, 5) is 27.5. The van der Waals surface area contributed by atoms with Crippen LogP contribution in [0, 0.1) is 0 Å². The van der Waals surface area contributed by atoms with Crippen molar-refractivity contribution in [1.82, 2.24) is 4.98 Å². The van der Waals surface area contributed by atoms with Gasteiger partial charge in [-0.25, -0.2) is 4.79 Å². The minimum atomic E-state index is -4.57. The van der Waals surface area contributed by atoms with Gasteiger partial charge in [-0.1, -0.05) is 6.92 Å². The summed E-state index contributed by atoms with van der Waals surface area (Å²) in [5.74, 6) is -1.48. The molecule has 0 spiro atoms. The van der Waals surface area contributed by atoms with Crippen molar-refractivity contribution in [3.8, 4) is 5.75 Å². The fourth-order valence-corrected chi connectivity index (χ4v) is 2.03. The minimum absolute atomic E-state index is 0.0942. The Hall–Kier alpha value is -3.10. The molecule has 0 fully saturated rings. The van der Waals surface area contributed by atoms with Gasteiger partial charge in [-0.2, -0.15) is 13.2 Å². The Morgan fingerprint density at radius 2 is 2.00 bits per heavy atom. The van der Waals surface area contributed by atoms with E-state index in [0.717, 1.165) is 18.2 Å². The molecule has 27 heavy (non-hydrogen) atoms. The zero-order valence-electron chi connectivity index (χ0n) is 14.4. The van der Waals surface area contributed by atoms with Gasteiger partial charge in [-0.3, -0.25) is 9.78 Å². The van der Waals surface area contributed by atoms with Gasteiger partial charge in [-0.15, -0.1) is 0 Å².